The predicted octanol–water partition coefficient (Wildman–Crippen LogP) is 4.86. The van der Waals surface area contributed by atoms with E-state index < -0.39 is 5.97 Å². The van der Waals surface area contributed by atoms with E-state index in [0.717, 1.165) is 4.90 Å². The Kier molecular flexibility index (Phi) is 4.68. The van der Waals surface area contributed by atoms with Crippen molar-refractivity contribution < 1.29 is 9.53 Å². The summed E-state index contributed by atoms with van der Waals surface area (Å²) < 4.78 is 4.72. The van der Waals surface area contributed by atoms with Crippen LogP contribution in [0, 0.1) is 0 Å². The molecule has 23 heavy (non-hydrogen) atoms. The smallest absolute Gasteiger partial charge is 0.343 e. The standard InChI is InChI=1S/C14H8Cl3N3O2S/c1-22-14(21)9-11-13(20-12(9)17)18-5-8(19-11)23-7-4-2-3-6(15)10(7)16/h2-5H,1H3,(H,18,20). The van der Waals surface area contributed by atoms with Crippen molar-refractivity contribution in [1.82, 2.24) is 15.0 Å². The number of carbonyl (C=O) groups is 1. The lowest BCUT2D eigenvalue weighted by Crippen LogP contribution is -2.01. The Morgan fingerprint density at radius 3 is 2.83 bits per heavy atom. The third-order valence-corrected chi connectivity index (χ3v) is 5.14. The van der Waals surface area contributed by atoms with Crippen LogP contribution in [0.25, 0.3) is 11.2 Å². The van der Waals surface area contributed by atoms with Gasteiger partial charge in [-0.15, -0.1) is 0 Å². The van der Waals surface area contributed by atoms with Crippen LogP contribution in [0.3, 0.4) is 0 Å². The Labute approximate surface area is 150 Å². The molecule has 0 unspecified atom stereocenters. The Hall–Kier alpha value is -1.47. The summed E-state index contributed by atoms with van der Waals surface area (Å²) in [4.78, 5) is 24.0. The Morgan fingerprint density at radius 2 is 2.09 bits per heavy atom. The Bertz CT molecular complexity index is 914. The van der Waals surface area contributed by atoms with Crippen molar-refractivity contribution in [2.75, 3.05) is 7.11 Å². The van der Waals surface area contributed by atoms with E-state index in [9.17, 15) is 4.79 Å². The number of hydrogen-bond donors (Lipinski definition) is 1. The molecule has 2 heterocycles. The summed E-state index contributed by atoms with van der Waals surface area (Å²) in [5, 5.41) is 1.56. The minimum absolute atomic E-state index is 0.134. The zero-order valence-corrected chi connectivity index (χ0v) is 14.6. The largest absolute Gasteiger partial charge is 0.465 e. The van der Waals surface area contributed by atoms with E-state index in [0.29, 0.717) is 26.2 Å². The molecule has 0 saturated carbocycles. The molecule has 118 valence electrons. The number of carbonyl (C=O) groups excluding carboxylic acids is 1. The molecule has 0 atom stereocenters. The van der Waals surface area contributed by atoms with Gasteiger partial charge in [-0.05, 0) is 12.1 Å². The molecule has 9 heteroatoms. The highest BCUT2D eigenvalue weighted by Crippen LogP contribution is 2.37. The van der Waals surface area contributed by atoms with E-state index in [4.69, 9.17) is 39.5 Å². The lowest BCUT2D eigenvalue weighted by atomic mass is 10.3. The Balaban J connectivity index is 2.06. The van der Waals surface area contributed by atoms with Crippen molar-refractivity contribution >= 4 is 63.7 Å². The number of nitrogens with one attached hydrogen (secondary N) is 1. The second-order valence-corrected chi connectivity index (χ2v) is 6.59. The second-order valence-electron chi connectivity index (χ2n) is 4.37. The third-order valence-electron chi connectivity index (χ3n) is 2.96. The summed E-state index contributed by atoms with van der Waals surface area (Å²) in [5.41, 5.74) is 0.887. The van der Waals surface area contributed by atoms with E-state index in [1.807, 2.05) is 6.07 Å². The van der Waals surface area contributed by atoms with Gasteiger partial charge in [-0.2, -0.15) is 0 Å². The Morgan fingerprint density at radius 1 is 1.30 bits per heavy atom. The van der Waals surface area contributed by atoms with Gasteiger partial charge in [0.05, 0.1) is 23.4 Å². The van der Waals surface area contributed by atoms with E-state index in [1.54, 1.807) is 18.3 Å². The van der Waals surface area contributed by atoms with Gasteiger partial charge in [0.25, 0.3) is 0 Å². The van der Waals surface area contributed by atoms with Crippen molar-refractivity contribution in [1.29, 1.82) is 0 Å². The number of aromatic nitrogens is 3. The molecule has 1 N–H and O–H groups in total. The molecule has 2 aromatic heterocycles. The molecule has 0 spiro atoms. The number of H-pyrrole nitrogens is 1. The fourth-order valence-electron chi connectivity index (χ4n) is 1.92. The number of halogens is 3. The first kappa shape index (κ1) is 16.4. The molecule has 0 saturated heterocycles. The molecule has 0 radical (unpaired) electrons. The molecule has 0 aliphatic heterocycles. The highest BCUT2D eigenvalue weighted by atomic mass is 35.5. The van der Waals surface area contributed by atoms with Crippen molar-refractivity contribution in [3.05, 3.63) is 45.2 Å². The van der Waals surface area contributed by atoms with Crippen LogP contribution in [-0.2, 0) is 4.74 Å². The summed E-state index contributed by atoms with van der Waals surface area (Å²) >= 11 is 19.5. The number of hydrogen-bond acceptors (Lipinski definition) is 5. The highest BCUT2D eigenvalue weighted by Gasteiger charge is 2.21. The number of benzene rings is 1. The van der Waals surface area contributed by atoms with E-state index in [-0.39, 0.29) is 10.7 Å². The maximum absolute atomic E-state index is 11.8. The first-order chi connectivity index (χ1) is 11.0. The van der Waals surface area contributed by atoms with Crippen molar-refractivity contribution in [2.24, 2.45) is 0 Å². The topological polar surface area (TPSA) is 67.9 Å². The van der Waals surface area contributed by atoms with Crippen LogP contribution in [0.15, 0.2) is 34.3 Å². The van der Waals surface area contributed by atoms with Gasteiger partial charge < -0.3 is 9.72 Å². The number of rotatable bonds is 3. The van der Waals surface area contributed by atoms with E-state index in [2.05, 4.69) is 15.0 Å². The lowest BCUT2D eigenvalue weighted by Gasteiger charge is -2.05. The summed E-state index contributed by atoms with van der Waals surface area (Å²) in [5.74, 6) is -0.585. The van der Waals surface area contributed by atoms with Gasteiger partial charge in [0.2, 0.25) is 0 Å². The molecule has 5 nitrogen and oxygen atoms in total. The average Bonchev–Trinajstić information content (AvgIpc) is 2.86. The summed E-state index contributed by atoms with van der Waals surface area (Å²) in [7, 11) is 1.27. The molecule has 0 bridgehead atoms. The molecule has 0 amide bonds. The van der Waals surface area contributed by atoms with Crippen LogP contribution in [0.5, 0.6) is 0 Å². The number of fused-ring (bicyclic) bond motifs is 1. The van der Waals surface area contributed by atoms with Crippen molar-refractivity contribution in [3.8, 4) is 0 Å². The van der Waals surface area contributed by atoms with Gasteiger partial charge >= 0.3 is 5.97 Å². The summed E-state index contributed by atoms with van der Waals surface area (Å²) in [6.07, 6.45) is 1.55. The quantitative estimate of drug-likeness (QED) is 0.649. The fraction of sp³-hybridized carbons (Fsp3) is 0.0714. The molecule has 0 fully saturated rings. The number of esters is 1. The van der Waals surface area contributed by atoms with Crippen LogP contribution in [0.2, 0.25) is 15.2 Å². The van der Waals surface area contributed by atoms with Crippen molar-refractivity contribution in [3.63, 3.8) is 0 Å². The van der Waals surface area contributed by atoms with Crippen LogP contribution < -0.4 is 0 Å². The maximum Gasteiger partial charge on any atom is 0.343 e. The van der Waals surface area contributed by atoms with Gasteiger partial charge in [-0.25, -0.2) is 14.8 Å². The molecule has 3 rings (SSSR count). The maximum atomic E-state index is 11.8. The minimum Gasteiger partial charge on any atom is -0.465 e. The van der Waals surface area contributed by atoms with Crippen LogP contribution in [0.4, 0.5) is 0 Å². The average molecular weight is 389 g/mol. The lowest BCUT2D eigenvalue weighted by molar-refractivity contribution is 0.0603. The number of aromatic amines is 1. The van der Waals surface area contributed by atoms with Gasteiger partial charge in [0.1, 0.15) is 21.3 Å². The first-order valence-corrected chi connectivity index (χ1v) is 8.20. The molecule has 0 aliphatic carbocycles. The number of ether oxygens (including phenoxy) is 1. The van der Waals surface area contributed by atoms with Crippen molar-refractivity contribution in [2.45, 2.75) is 9.92 Å². The van der Waals surface area contributed by atoms with E-state index >= 15 is 0 Å². The van der Waals surface area contributed by atoms with E-state index in [1.165, 1.54) is 18.9 Å². The molecular weight excluding hydrogens is 381 g/mol. The SMILES string of the molecule is COC(=O)c1c(Cl)[nH]c2ncc(Sc3cccc(Cl)c3Cl)nc12. The fourth-order valence-corrected chi connectivity index (χ4v) is 3.46. The normalized spacial score (nSPS) is 11.0. The number of methoxy groups -OCH3 is 1. The van der Waals surface area contributed by atoms with Gasteiger partial charge in [0.15, 0.2) is 5.65 Å². The number of nitrogens with zero attached hydrogens (tertiary/aromatic N) is 2. The van der Waals surface area contributed by atoms with Gasteiger partial charge in [-0.1, -0.05) is 52.6 Å². The molecular formula is C14H8Cl3N3O2S. The van der Waals surface area contributed by atoms with Gasteiger partial charge in [-0.3, -0.25) is 0 Å². The first-order valence-electron chi connectivity index (χ1n) is 6.25. The second kappa shape index (κ2) is 6.57. The monoisotopic (exact) mass is 387 g/mol. The molecule has 0 aliphatic rings. The zero-order chi connectivity index (χ0) is 16.6. The van der Waals surface area contributed by atoms with Crippen LogP contribution in [0.1, 0.15) is 10.4 Å². The van der Waals surface area contributed by atoms with Crippen LogP contribution in [-0.4, -0.2) is 28.0 Å². The molecule has 1 aromatic carbocycles. The minimum atomic E-state index is -0.585. The third kappa shape index (κ3) is 3.12. The predicted molar refractivity (Wildman–Crippen MR) is 90.8 cm³/mol. The zero-order valence-electron chi connectivity index (χ0n) is 11.6. The molecule has 3 aromatic rings. The van der Waals surface area contributed by atoms with Gasteiger partial charge in [0, 0.05) is 4.90 Å². The van der Waals surface area contributed by atoms with Crippen LogP contribution >= 0.6 is 46.6 Å². The summed E-state index contributed by atoms with van der Waals surface area (Å²) in [6, 6.07) is 5.30. The highest BCUT2D eigenvalue weighted by molar-refractivity contribution is 7.99. The summed E-state index contributed by atoms with van der Waals surface area (Å²) in [6.45, 7) is 0.